The van der Waals surface area contributed by atoms with E-state index in [2.05, 4.69) is 29.7 Å². The van der Waals surface area contributed by atoms with E-state index in [1.54, 1.807) is 24.4 Å². The highest BCUT2D eigenvalue weighted by Crippen LogP contribution is 2.31. The summed E-state index contributed by atoms with van der Waals surface area (Å²) in [6.07, 6.45) is 6.36. The van der Waals surface area contributed by atoms with Gasteiger partial charge < -0.3 is 15.3 Å². The van der Waals surface area contributed by atoms with Crippen molar-refractivity contribution >= 4 is 29.1 Å². The summed E-state index contributed by atoms with van der Waals surface area (Å²) >= 11 is 1.52. The highest BCUT2D eigenvalue weighted by molar-refractivity contribution is 7.18. The normalized spacial score (nSPS) is 11.3. The molecule has 0 radical (unpaired) electrons. The highest BCUT2D eigenvalue weighted by atomic mass is 32.1. The third-order valence-electron chi connectivity index (χ3n) is 8.58. The number of carboxylic acid groups (broad SMARTS) is 2. The molecular weight excluding hydrogens is 707 g/mol. The van der Waals surface area contributed by atoms with Gasteiger partial charge in [0.25, 0.3) is 0 Å². The fourth-order valence-electron chi connectivity index (χ4n) is 5.79. The van der Waals surface area contributed by atoms with E-state index in [9.17, 15) is 29.7 Å². The Hall–Kier alpha value is -6.06. The number of aromatic carboxylic acids is 2. The number of carbonyl (C=O) groups excluding carboxylic acids is 1. The van der Waals surface area contributed by atoms with E-state index in [1.807, 2.05) is 48.7 Å². The molecule has 1 aromatic carbocycles. The zero-order valence-electron chi connectivity index (χ0n) is 29.4. The molecular formula is C40H37N7O6S. The molecule has 5 heterocycles. The van der Waals surface area contributed by atoms with Crippen LogP contribution < -0.4 is 0 Å². The zero-order valence-corrected chi connectivity index (χ0v) is 30.2. The lowest BCUT2D eigenvalue weighted by atomic mass is 10.1. The number of Topliss-reactive ketones (excluding diaryl/α,β-unsaturated/α-hetero) is 1. The number of ketones is 1. The smallest absolute Gasteiger partial charge is 0.335 e. The van der Waals surface area contributed by atoms with Gasteiger partial charge in [0.2, 0.25) is 0 Å². The molecule has 54 heavy (non-hydrogen) atoms. The van der Waals surface area contributed by atoms with E-state index in [0.29, 0.717) is 67.6 Å². The van der Waals surface area contributed by atoms with Crippen LogP contribution in [0.4, 0.5) is 0 Å². The van der Waals surface area contributed by atoms with E-state index in [1.165, 1.54) is 48.9 Å². The largest absolute Gasteiger partial charge is 0.478 e. The summed E-state index contributed by atoms with van der Waals surface area (Å²) in [5.41, 5.74) is 5.89. The number of thiazole rings is 1. The van der Waals surface area contributed by atoms with Gasteiger partial charge in [0.1, 0.15) is 5.01 Å². The van der Waals surface area contributed by atoms with Crippen molar-refractivity contribution in [2.24, 2.45) is 0 Å². The second-order valence-electron chi connectivity index (χ2n) is 12.6. The fraction of sp³-hybridized carbons (Fsp3) is 0.200. The SMILES string of the molecule is CC(=O)c1ccnc(CN(CCN(Cc2cc(C(=O)O)ccn2)Cc2cccc(-c3ncc(-c4ccc(CO)cc4)s3)n2)Cc2cc(C(=O)O)ccn2)c1. The monoisotopic (exact) mass is 743 g/mol. The molecule has 0 aliphatic heterocycles. The van der Waals surface area contributed by atoms with E-state index in [4.69, 9.17) is 4.98 Å². The number of aliphatic hydroxyl groups is 1. The average Bonchev–Trinajstić information content (AvgIpc) is 3.68. The molecule has 0 atom stereocenters. The number of pyridine rings is 4. The first-order chi connectivity index (χ1) is 26.1. The maximum atomic E-state index is 12.1. The molecule has 0 aliphatic rings. The van der Waals surface area contributed by atoms with E-state index >= 15 is 0 Å². The first-order valence-corrected chi connectivity index (χ1v) is 17.8. The predicted octanol–water partition coefficient (Wildman–Crippen LogP) is 5.85. The number of hydrogen-bond acceptors (Lipinski definition) is 12. The molecule has 13 nitrogen and oxygen atoms in total. The van der Waals surface area contributed by atoms with Gasteiger partial charge in [-0.3, -0.25) is 29.5 Å². The first kappa shape index (κ1) is 37.7. The third kappa shape index (κ3) is 10.1. The van der Waals surface area contributed by atoms with Crippen LogP contribution in [-0.4, -0.2) is 80.9 Å². The minimum atomic E-state index is -1.05. The van der Waals surface area contributed by atoms with Crippen LogP contribution in [0.3, 0.4) is 0 Å². The molecule has 0 saturated carbocycles. The Morgan fingerprint density at radius 2 is 1.17 bits per heavy atom. The first-order valence-electron chi connectivity index (χ1n) is 17.0. The van der Waals surface area contributed by atoms with Crippen LogP contribution in [0.5, 0.6) is 0 Å². The van der Waals surface area contributed by atoms with Gasteiger partial charge in [-0.1, -0.05) is 30.3 Å². The van der Waals surface area contributed by atoms with Crippen molar-refractivity contribution in [3.63, 3.8) is 0 Å². The van der Waals surface area contributed by atoms with Gasteiger partial charge in [0, 0.05) is 69.6 Å². The van der Waals surface area contributed by atoms with Crippen LogP contribution in [0, 0.1) is 0 Å². The summed E-state index contributed by atoms with van der Waals surface area (Å²) in [5, 5.41) is 29.4. The number of carbonyl (C=O) groups is 3. The number of hydrogen-bond donors (Lipinski definition) is 3. The Morgan fingerprint density at radius 3 is 1.69 bits per heavy atom. The number of aromatic nitrogens is 5. The van der Waals surface area contributed by atoms with Crippen LogP contribution in [0.25, 0.3) is 21.1 Å². The average molecular weight is 744 g/mol. The molecule has 0 saturated heterocycles. The summed E-state index contributed by atoms with van der Waals surface area (Å²) in [5.74, 6) is -2.18. The Bertz CT molecular complexity index is 2200. The molecule has 0 bridgehead atoms. The quantitative estimate of drug-likeness (QED) is 0.0947. The van der Waals surface area contributed by atoms with Crippen molar-refractivity contribution in [2.75, 3.05) is 13.1 Å². The van der Waals surface area contributed by atoms with Crippen molar-refractivity contribution in [3.05, 3.63) is 149 Å². The Kier molecular flexibility index (Phi) is 12.3. The zero-order chi connectivity index (χ0) is 38.0. The van der Waals surface area contributed by atoms with Gasteiger partial charge in [0.15, 0.2) is 5.78 Å². The number of aliphatic hydroxyl groups excluding tert-OH is 1. The van der Waals surface area contributed by atoms with Crippen LogP contribution in [-0.2, 0) is 32.8 Å². The van der Waals surface area contributed by atoms with Crippen LogP contribution in [0.2, 0.25) is 0 Å². The van der Waals surface area contributed by atoms with Crippen LogP contribution >= 0.6 is 11.3 Å². The maximum Gasteiger partial charge on any atom is 0.335 e. The standard InChI is InChI=1S/C40H37N7O6S/c1-26(49)29-9-12-41-33(17-29)22-47(24-35-19-31(40(52)53)11-14-43-35)16-15-46(23-34-18-30(39(50)51)10-13-42-34)21-32-3-2-4-36(45-32)38-44-20-37(54-38)28-7-5-27(25-48)6-8-28/h2-14,17-20,48H,15-16,21-25H2,1H3,(H,50,51)(H,52,53). The van der Waals surface area contributed by atoms with Crippen molar-refractivity contribution in [2.45, 2.75) is 39.7 Å². The van der Waals surface area contributed by atoms with Gasteiger partial charge in [-0.25, -0.2) is 19.6 Å². The van der Waals surface area contributed by atoms with Gasteiger partial charge in [-0.2, -0.15) is 0 Å². The number of benzene rings is 1. The molecule has 0 spiro atoms. The molecule has 6 rings (SSSR count). The summed E-state index contributed by atoms with van der Waals surface area (Å²) in [6.45, 7) is 3.78. The van der Waals surface area contributed by atoms with Gasteiger partial charge >= 0.3 is 11.9 Å². The van der Waals surface area contributed by atoms with Crippen molar-refractivity contribution in [1.82, 2.24) is 34.7 Å². The topological polar surface area (TPSA) is 183 Å². The minimum absolute atomic E-state index is 0.0227. The lowest BCUT2D eigenvalue weighted by Gasteiger charge is -2.27. The summed E-state index contributed by atoms with van der Waals surface area (Å²) in [6, 6.07) is 22.8. The lowest BCUT2D eigenvalue weighted by molar-refractivity contribution is 0.0685. The minimum Gasteiger partial charge on any atom is -0.478 e. The lowest BCUT2D eigenvalue weighted by Crippen LogP contribution is -2.35. The van der Waals surface area contributed by atoms with E-state index in [0.717, 1.165) is 26.7 Å². The predicted molar refractivity (Wildman–Crippen MR) is 202 cm³/mol. The molecule has 274 valence electrons. The van der Waals surface area contributed by atoms with Gasteiger partial charge in [-0.05, 0) is 66.6 Å². The number of rotatable bonds is 17. The van der Waals surface area contributed by atoms with Crippen molar-refractivity contribution < 1.29 is 29.7 Å². The summed E-state index contributed by atoms with van der Waals surface area (Å²) < 4.78 is 0. The van der Waals surface area contributed by atoms with Gasteiger partial charge in [0.05, 0.1) is 51.1 Å². The third-order valence-corrected chi connectivity index (χ3v) is 9.65. The van der Waals surface area contributed by atoms with Crippen molar-refractivity contribution in [1.29, 1.82) is 0 Å². The Morgan fingerprint density at radius 1 is 0.648 bits per heavy atom. The maximum absolute atomic E-state index is 12.1. The molecule has 0 aliphatic carbocycles. The van der Waals surface area contributed by atoms with E-state index in [-0.39, 0.29) is 23.5 Å². The van der Waals surface area contributed by atoms with E-state index < -0.39 is 11.9 Å². The second kappa shape index (κ2) is 17.6. The Balaban J connectivity index is 1.26. The molecule has 0 unspecified atom stereocenters. The summed E-state index contributed by atoms with van der Waals surface area (Å²) in [7, 11) is 0. The molecule has 14 heteroatoms. The van der Waals surface area contributed by atoms with Gasteiger partial charge in [-0.15, -0.1) is 11.3 Å². The molecule has 3 N–H and O–H groups in total. The molecule has 0 fully saturated rings. The number of carboxylic acids is 2. The van der Waals surface area contributed by atoms with Crippen LogP contribution in [0.15, 0.2) is 104 Å². The molecule has 6 aromatic rings. The molecule has 0 amide bonds. The fourth-order valence-corrected chi connectivity index (χ4v) is 6.68. The number of nitrogens with zero attached hydrogens (tertiary/aromatic N) is 7. The summed E-state index contributed by atoms with van der Waals surface area (Å²) in [4.78, 5) is 63.8. The Labute approximate surface area is 315 Å². The van der Waals surface area contributed by atoms with Crippen molar-refractivity contribution in [3.8, 4) is 21.1 Å². The highest BCUT2D eigenvalue weighted by Gasteiger charge is 2.18. The second-order valence-corrected chi connectivity index (χ2v) is 13.6. The molecule has 5 aromatic heterocycles. The van der Waals surface area contributed by atoms with Crippen LogP contribution in [0.1, 0.15) is 66.3 Å².